The van der Waals surface area contributed by atoms with Crippen LogP contribution in [0.15, 0.2) is 31.1 Å². The minimum Gasteiger partial charge on any atom is -0.456 e. The molecule has 1 saturated heterocycles. The normalized spacial score (nSPS) is 14.9. The topological polar surface area (TPSA) is 64.5 Å². The first-order chi connectivity index (χ1) is 8.29. The van der Waals surface area contributed by atoms with Crippen LogP contribution in [0.1, 0.15) is 0 Å². The predicted molar refractivity (Wildman–Crippen MR) is 59.6 cm³/mol. The van der Waals surface area contributed by atoms with E-state index in [-0.39, 0.29) is 18.8 Å². The van der Waals surface area contributed by atoms with Crippen LogP contribution in [0.2, 0.25) is 0 Å². The van der Waals surface area contributed by atoms with Gasteiger partial charge in [-0.1, -0.05) is 12.7 Å². The van der Waals surface area contributed by atoms with Gasteiger partial charge in [0.25, 0.3) is 0 Å². The molecule has 1 aromatic heterocycles. The molecule has 0 bridgehead atoms. The van der Waals surface area contributed by atoms with E-state index in [1.54, 1.807) is 23.4 Å². The molecular weight excluding hydrogens is 222 g/mol. The Morgan fingerprint density at radius 3 is 2.88 bits per heavy atom. The van der Waals surface area contributed by atoms with Crippen LogP contribution in [0.25, 0.3) is 0 Å². The minimum atomic E-state index is -0.348. The van der Waals surface area contributed by atoms with Crippen LogP contribution in [0.3, 0.4) is 0 Å². The van der Waals surface area contributed by atoms with Gasteiger partial charge in [0.05, 0.1) is 13.1 Å². The fourth-order valence-corrected chi connectivity index (χ4v) is 1.38. The Kier molecular flexibility index (Phi) is 3.54. The van der Waals surface area contributed by atoms with Crippen molar-refractivity contribution in [2.75, 3.05) is 19.7 Å². The molecule has 0 saturated carbocycles. The number of aromatic nitrogens is 2. The number of amides is 1. The van der Waals surface area contributed by atoms with Crippen LogP contribution in [0.4, 0.5) is 4.79 Å². The lowest BCUT2D eigenvalue weighted by Crippen LogP contribution is -2.56. The highest BCUT2D eigenvalue weighted by Gasteiger charge is 2.33. The molecule has 2 rings (SSSR count). The average molecular weight is 235 g/mol. The van der Waals surface area contributed by atoms with Crippen LogP contribution in [0, 0.1) is 0 Å². The van der Waals surface area contributed by atoms with Crippen molar-refractivity contribution >= 4 is 6.09 Å². The summed E-state index contributed by atoms with van der Waals surface area (Å²) in [5.74, 6) is 0. The summed E-state index contributed by atoms with van der Waals surface area (Å²) < 4.78 is 10.3. The summed E-state index contributed by atoms with van der Waals surface area (Å²) in [4.78, 5) is 20.8. The van der Waals surface area contributed by atoms with E-state index in [0.717, 1.165) is 0 Å². The zero-order valence-electron chi connectivity index (χ0n) is 9.28. The fourth-order valence-electron chi connectivity index (χ4n) is 1.38. The molecule has 0 spiro atoms. The smallest absolute Gasteiger partial charge is 0.410 e. The molecule has 6 heteroatoms. The summed E-state index contributed by atoms with van der Waals surface area (Å²) in [6, 6.07) is 2.05. The van der Waals surface area contributed by atoms with Crippen molar-refractivity contribution in [3.63, 3.8) is 0 Å². The molecule has 0 aliphatic carbocycles. The molecular formula is C11H13N3O3. The van der Waals surface area contributed by atoms with Gasteiger partial charge in [0.15, 0.2) is 0 Å². The SMILES string of the molecule is C=CCOC(=O)N1CC(Oc2ncccn2)C1. The highest BCUT2D eigenvalue weighted by atomic mass is 16.6. The third-order valence-corrected chi connectivity index (χ3v) is 2.25. The monoisotopic (exact) mass is 235 g/mol. The molecule has 90 valence electrons. The maximum absolute atomic E-state index is 11.4. The number of nitrogens with zero attached hydrogens (tertiary/aromatic N) is 3. The Balaban J connectivity index is 1.72. The number of hydrogen-bond donors (Lipinski definition) is 0. The molecule has 0 N–H and O–H groups in total. The molecule has 1 amide bonds. The van der Waals surface area contributed by atoms with E-state index in [9.17, 15) is 4.79 Å². The molecule has 0 radical (unpaired) electrons. The Bertz CT molecular complexity index is 390. The number of rotatable bonds is 4. The lowest BCUT2D eigenvalue weighted by Gasteiger charge is -2.37. The quantitative estimate of drug-likeness (QED) is 0.724. The van der Waals surface area contributed by atoms with Gasteiger partial charge in [0, 0.05) is 12.4 Å². The van der Waals surface area contributed by atoms with E-state index in [4.69, 9.17) is 9.47 Å². The summed E-state index contributed by atoms with van der Waals surface area (Å²) in [7, 11) is 0. The van der Waals surface area contributed by atoms with Gasteiger partial charge < -0.3 is 14.4 Å². The molecule has 1 aliphatic heterocycles. The zero-order valence-corrected chi connectivity index (χ0v) is 9.28. The number of carbonyl (C=O) groups is 1. The van der Waals surface area contributed by atoms with Gasteiger partial charge in [-0.2, -0.15) is 0 Å². The Hall–Kier alpha value is -2.11. The summed E-state index contributed by atoms with van der Waals surface area (Å²) in [5, 5.41) is 0. The first-order valence-electron chi connectivity index (χ1n) is 5.26. The van der Waals surface area contributed by atoms with E-state index >= 15 is 0 Å². The standard InChI is InChI=1S/C11H13N3O3/c1-2-6-16-11(15)14-7-9(8-14)17-10-12-4-3-5-13-10/h2-5,9H,1,6-8H2. The van der Waals surface area contributed by atoms with Gasteiger partial charge in [0.1, 0.15) is 12.7 Å². The first-order valence-corrected chi connectivity index (χ1v) is 5.26. The Morgan fingerprint density at radius 2 is 2.24 bits per heavy atom. The van der Waals surface area contributed by atoms with E-state index in [0.29, 0.717) is 19.1 Å². The molecule has 2 heterocycles. The summed E-state index contributed by atoms with van der Waals surface area (Å²) in [5.41, 5.74) is 0. The van der Waals surface area contributed by atoms with Crippen molar-refractivity contribution in [2.24, 2.45) is 0 Å². The summed E-state index contributed by atoms with van der Waals surface area (Å²) in [6.45, 7) is 4.68. The third-order valence-electron chi connectivity index (χ3n) is 2.25. The fraction of sp³-hybridized carbons (Fsp3) is 0.364. The summed E-state index contributed by atoms with van der Waals surface area (Å²) in [6.07, 6.45) is 4.34. The summed E-state index contributed by atoms with van der Waals surface area (Å²) >= 11 is 0. The van der Waals surface area contributed by atoms with Crippen molar-refractivity contribution in [3.05, 3.63) is 31.1 Å². The number of carbonyl (C=O) groups excluding carboxylic acids is 1. The van der Waals surface area contributed by atoms with Gasteiger partial charge in [-0.25, -0.2) is 14.8 Å². The second kappa shape index (κ2) is 5.29. The van der Waals surface area contributed by atoms with Crippen molar-refractivity contribution < 1.29 is 14.3 Å². The molecule has 17 heavy (non-hydrogen) atoms. The van der Waals surface area contributed by atoms with E-state index in [2.05, 4.69) is 16.5 Å². The maximum Gasteiger partial charge on any atom is 0.410 e. The average Bonchev–Trinajstić information content (AvgIpc) is 2.31. The minimum absolute atomic E-state index is 0.0614. The van der Waals surface area contributed by atoms with Gasteiger partial charge in [-0.05, 0) is 6.07 Å². The van der Waals surface area contributed by atoms with Gasteiger partial charge in [0.2, 0.25) is 0 Å². The lowest BCUT2D eigenvalue weighted by molar-refractivity contribution is 0.0101. The molecule has 0 unspecified atom stereocenters. The third kappa shape index (κ3) is 2.93. The van der Waals surface area contributed by atoms with Gasteiger partial charge in [-0.3, -0.25) is 0 Å². The number of hydrogen-bond acceptors (Lipinski definition) is 5. The van der Waals surface area contributed by atoms with Crippen LogP contribution in [-0.4, -0.2) is 46.8 Å². The molecule has 0 aromatic carbocycles. The molecule has 0 atom stereocenters. The van der Waals surface area contributed by atoms with Crippen molar-refractivity contribution in [3.8, 4) is 6.01 Å². The predicted octanol–water partition coefficient (Wildman–Crippen LogP) is 0.862. The number of ether oxygens (including phenoxy) is 2. The van der Waals surface area contributed by atoms with Crippen molar-refractivity contribution in [2.45, 2.75) is 6.10 Å². The van der Waals surface area contributed by atoms with Gasteiger partial charge in [-0.15, -0.1) is 0 Å². The van der Waals surface area contributed by atoms with E-state index in [1.165, 1.54) is 6.08 Å². The van der Waals surface area contributed by atoms with Crippen LogP contribution in [-0.2, 0) is 4.74 Å². The van der Waals surface area contributed by atoms with Crippen LogP contribution in [0.5, 0.6) is 6.01 Å². The van der Waals surface area contributed by atoms with Crippen LogP contribution < -0.4 is 4.74 Å². The second-order valence-corrected chi connectivity index (χ2v) is 3.54. The Morgan fingerprint density at radius 1 is 1.53 bits per heavy atom. The Labute approximate surface area is 98.9 Å². The lowest BCUT2D eigenvalue weighted by atomic mass is 10.2. The molecule has 1 fully saturated rings. The van der Waals surface area contributed by atoms with E-state index in [1.807, 2.05) is 0 Å². The highest BCUT2D eigenvalue weighted by molar-refractivity contribution is 5.68. The first kappa shape index (κ1) is 11.4. The van der Waals surface area contributed by atoms with Gasteiger partial charge >= 0.3 is 12.1 Å². The molecule has 6 nitrogen and oxygen atoms in total. The van der Waals surface area contributed by atoms with Crippen LogP contribution >= 0.6 is 0 Å². The maximum atomic E-state index is 11.4. The molecule has 1 aliphatic rings. The zero-order chi connectivity index (χ0) is 12.1. The van der Waals surface area contributed by atoms with Crippen molar-refractivity contribution in [1.82, 2.24) is 14.9 Å². The highest BCUT2D eigenvalue weighted by Crippen LogP contribution is 2.14. The second-order valence-electron chi connectivity index (χ2n) is 3.54. The van der Waals surface area contributed by atoms with E-state index < -0.39 is 0 Å². The van der Waals surface area contributed by atoms with Crippen molar-refractivity contribution in [1.29, 1.82) is 0 Å². The molecule has 1 aromatic rings. The number of likely N-dealkylation sites (tertiary alicyclic amines) is 1. The largest absolute Gasteiger partial charge is 0.456 e.